The Labute approximate surface area is 88.3 Å². The van der Waals surface area contributed by atoms with Crippen molar-refractivity contribution in [1.82, 2.24) is 14.7 Å². The topological polar surface area (TPSA) is 58.4 Å². The number of aryl methyl sites for hydroxylation is 2. The smallest absolute Gasteiger partial charge is 0.309 e. The zero-order valence-corrected chi connectivity index (χ0v) is 8.97. The Kier molecular flexibility index (Phi) is 2.48. The van der Waals surface area contributed by atoms with Crippen LogP contribution in [-0.2, 0) is 18.4 Å². The molecule has 0 bridgehead atoms. The summed E-state index contributed by atoms with van der Waals surface area (Å²) in [4.78, 5) is 12.7. The summed E-state index contributed by atoms with van der Waals surface area (Å²) in [6.45, 7) is 4.06. The molecule has 0 unspecified atom stereocenters. The summed E-state index contributed by atoms with van der Waals surface area (Å²) < 4.78 is 1.85. The molecule has 2 heterocycles. The van der Waals surface area contributed by atoms with Crippen molar-refractivity contribution in [2.24, 2.45) is 13.0 Å². The maximum atomic E-state index is 10.6. The number of aliphatic carboxylic acids is 1. The largest absolute Gasteiger partial charge is 0.481 e. The fourth-order valence-electron chi connectivity index (χ4n) is 1.90. The first kappa shape index (κ1) is 10.2. The SMILES string of the molecule is Cc1cc(CN2CC(C(=O)O)C2)n(C)n1. The van der Waals surface area contributed by atoms with Gasteiger partial charge in [0, 0.05) is 26.7 Å². The summed E-state index contributed by atoms with van der Waals surface area (Å²) in [6.07, 6.45) is 0. The number of likely N-dealkylation sites (tertiary alicyclic amines) is 1. The lowest BCUT2D eigenvalue weighted by Gasteiger charge is -2.36. The minimum atomic E-state index is -0.688. The summed E-state index contributed by atoms with van der Waals surface area (Å²) in [5.74, 6) is -0.869. The number of hydrogen-bond donors (Lipinski definition) is 1. The second kappa shape index (κ2) is 3.66. The molecule has 1 N–H and O–H groups in total. The van der Waals surface area contributed by atoms with Gasteiger partial charge in [-0.25, -0.2) is 0 Å². The van der Waals surface area contributed by atoms with Crippen molar-refractivity contribution in [1.29, 1.82) is 0 Å². The predicted molar refractivity (Wildman–Crippen MR) is 54.3 cm³/mol. The van der Waals surface area contributed by atoms with Gasteiger partial charge in [-0.15, -0.1) is 0 Å². The molecule has 0 amide bonds. The lowest BCUT2D eigenvalue weighted by atomic mass is 10.0. The van der Waals surface area contributed by atoms with E-state index >= 15 is 0 Å². The Hall–Kier alpha value is -1.36. The van der Waals surface area contributed by atoms with E-state index in [9.17, 15) is 4.79 Å². The highest BCUT2D eigenvalue weighted by Gasteiger charge is 2.32. The van der Waals surface area contributed by atoms with Crippen molar-refractivity contribution in [3.8, 4) is 0 Å². The molecule has 2 rings (SSSR count). The number of aromatic nitrogens is 2. The molecule has 0 spiro atoms. The van der Waals surface area contributed by atoms with E-state index in [1.54, 1.807) is 0 Å². The van der Waals surface area contributed by atoms with Crippen molar-refractivity contribution < 1.29 is 9.90 Å². The maximum Gasteiger partial charge on any atom is 0.309 e. The Morgan fingerprint density at radius 3 is 2.80 bits per heavy atom. The van der Waals surface area contributed by atoms with Crippen LogP contribution in [0, 0.1) is 12.8 Å². The quantitative estimate of drug-likeness (QED) is 0.775. The van der Waals surface area contributed by atoms with E-state index in [-0.39, 0.29) is 5.92 Å². The van der Waals surface area contributed by atoms with Gasteiger partial charge in [-0.2, -0.15) is 5.10 Å². The zero-order chi connectivity index (χ0) is 11.0. The Morgan fingerprint density at radius 1 is 1.67 bits per heavy atom. The molecule has 15 heavy (non-hydrogen) atoms. The summed E-state index contributed by atoms with van der Waals surface area (Å²) in [6, 6.07) is 2.04. The van der Waals surface area contributed by atoms with E-state index in [0.717, 1.165) is 17.9 Å². The van der Waals surface area contributed by atoms with Gasteiger partial charge in [-0.05, 0) is 13.0 Å². The van der Waals surface area contributed by atoms with Gasteiger partial charge >= 0.3 is 5.97 Å². The van der Waals surface area contributed by atoms with E-state index in [1.165, 1.54) is 0 Å². The fraction of sp³-hybridized carbons (Fsp3) is 0.600. The number of carboxylic acid groups (broad SMARTS) is 1. The van der Waals surface area contributed by atoms with Crippen LogP contribution in [-0.4, -0.2) is 38.8 Å². The third-order valence-corrected chi connectivity index (χ3v) is 2.79. The molecule has 0 saturated carbocycles. The first-order valence-electron chi connectivity index (χ1n) is 5.01. The van der Waals surface area contributed by atoms with Gasteiger partial charge in [0.2, 0.25) is 0 Å². The Bertz CT molecular complexity index is 380. The van der Waals surface area contributed by atoms with Crippen LogP contribution in [0.15, 0.2) is 6.07 Å². The molecule has 5 nitrogen and oxygen atoms in total. The molecule has 0 aliphatic carbocycles. The van der Waals surface area contributed by atoms with Crippen molar-refractivity contribution >= 4 is 5.97 Å². The molecule has 5 heteroatoms. The van der Waals surface area contributed by atoms with Gasteiger partial charge in [0.15, 0.2) is 0 Å². The molecule has 0 atom stereocenters. The molecule has 1 saturated heterocycles. The minimum Gasteiger partial charge on any atom is -0.481 e. The molecule has 1 aliphatic heterocycles. The highest BCUT2D eigenvalue weighted by atomic mass is 16.4. The molecule has 1 aliphatic rings. The fourth-order valence-corrected chi connectivity index (χ4v) is 1.90. The minimum absolute atomic E-state index is 0.181. The Morgan fingerprint density at radius 2 is 2.33 bits per heavy atom. The van der Waals surface area contributed by atoms with Crippen molar-refractivity contribution in [2.45, 2.75) is 13.5 Å². The first-order valence-corrected chi connectivity index (χ1v) is 5.01. The van der Waals surface area contributed by atoms with Crippen LogP contribution in [0.4, 0.5) is 0 Å². The third-order valence-electron chi connectivity index (χ3n) is 2.79. The summed E-state index contributed by atoms with van der Waals surface area (Å²) in [5, 5.41) is 13.0. The number of carbonyl (C=O) groups is 1. The van der Waals surface area contributed by atoms with Crippen LogP contribution in [0.3, 0.4) is 0 Å². The summed E-state index contributed by atoms with van der Waals surface area (Å²) >= 11 is 0. The molecular weight excluding hydrogens is 194 g/mol. The van der Waals surface area contributed by atoms with Gasteiger partial charge in [0.25, 0.3) is 0 Å². The first-order chi connectivity index (χ1) is 7.06. The van der Waals surface area contributed by atoms with Gasteiger partial charge in [-0.3, -0.25) is 14.4 Å². The van der Waals surface area contributed by atoms with E-state index < -0.39 is 5.97 Å². The second-order valence-electron chi connectivity index (χ2n) is 4.13. The van der Waals surface area contributed by atoms with E-state index in [1.807, 2.05) is 24.7 Å². The number of hydrogen-bond acceptors (Lipinski definition) is 3. The summed E-state index contributed by atoms with van der Waals surface area (Å²) in [7, 11) is 1.91. The standard InChI is InChI=1S/C10H15N3O2/c1-7-3-9(12(2)11-7)6-13-4-8(5-13)10(14)15/h3,8H,4-6H2,1-2H3,(H,14,15). The number of rotatable bonds is 3. The zero-order valence-electron chi connectivity index (χ0n) is 8.97. The highest BCUT2D eigenvalue weighted by Crippen LogP contribution is 2.18. The molecular formula is C10H15N3O2. The molecule has 0 aromatic carbocycles. The average Bonchev–Trinajstić information content (AvgIpc) is 2.36. The van der Waals surface area contributed by atoms with Crippen LogP contribution in [0.25, 0.3) is 0 Å². The van der Waals surface area contributed by atoms with Gasteiger partial charge in [0.05, 0.1) is 17.3 Å². The maximum absolute atomic E-state index is 10.6. The van der Waals surface area contributed by atoms with E-state index in [4.69, 9.17) is 5.11 Å². The van der Waals surface area contributed by atoms with E-state index in [2.05, 4.69) is 10.00 Å². The van der Waals surface area contributed by atoms with Crippen molar-refractivity contribution in [3.63, 3.8) is 0 Å². The highest BCUT2D eigenvalue weighted by molar-refractivity contribution is 5.71. The molecule has 1 aromatic heterocycles. The van der Waals surface area contributed by atoms with Crippen LogP contribution in [0.2, 0.25) is 0 Å². The monoisotopic (exact) mass is 209 g/mol. The Balaban J connectivity index is 1.90. The molecule has 1 aromatic rings. The normalized spacial score (nSPS) is 17.7. The lowest BCUT2D eigenvalue weighted by molar-refractivity contribution is -0.147. The van der Waals surface area contributed by atoms with Crippen LogP contribution in [0.1, 0.15) is 11.4 Å². The number of carboxylic acids is 1. The predicted octanol–water partition coefficient (Wildman–Crippen LogP) is 0.245. The third kappa shape index (κ3) is 2.02. The van der Waals surface area contributed by atoms with Crippen LogP contribution < -0.4 is 0 Å². The van der Waals surface area contributed by atoms with Gasteiger partial charge in [-0.1, -0.05) is 0 Å². The van der Waals surface area contributed by atoms with Gasteiger partial charge in [0.1, 0.15) is 0 Å². The second-order valence-corrected chi connectivity index (χ2v) is 4.13. The van der Waals surface area contributed by atoms with Crippen molar-refractivity contribution in [3.05, 3.63) is 17.5 Å². The molecule has 0 radical (unpaired) electrons. The lowest BCUT2D eigenvalue weighted by Crippen LogP contribution is -2.49. The van der Waals surface area contributed by atoms with Gasteiger partial charge < -0.3 is 5.11 Å². The van der Waals surface area contributed by atoms with Crippen LogP contribution in [0.5, 0.6) is 0 Å². The molecule has 1 fully saturated rings. The van der Waals surface area contributed by atoms with Crippen LogP contribution >= 0.6 is 0 Å². The summed E-state index contributed by atoms with van der Waals surface area (Å²) in [5.41, 5.74) is 2.14. The molecule has 82 valence electrons. The van der Waals surface area contributed by atoms with E-state index in [0.29, 0.717) is 13.1 Å². The van der Waals surface area contributed by atoms with Crippen molar-refractivity contribution in [2.75, 3.05) is 13.1 Å². The number of nitrogens with zero attached hydrogens (tertiary/aromatic N) is 3. The average molecular weight is 209 g/mol.